The lowest BCUT2D eigenvalue weighted by Crippen LogP contribution is -2.34. The van der Waals surface area contributed by atoms with Crippen molar-refractivity contribution in [1.82, 2.24) is 8.83 Å². The van der Waals surface area contributed by atoms with Crippen molar-refractivity contribution in [3.8, 4) is 0 Å². The Balaban J connectivity index is 3.06. The number of hydrogen-bond acceptors (Lipinski definition) is 2. The van der Waals surface area contributed by atoms with E-state index in [1.165, 1.54) is 11.0 Å². The topological polar surface area (TPSA) is 40.6 Å². The zero-order valence-electron chi connectivity index (χ0n) is 5.97. The van der Waals surface area contributed by atoms with Crippen molar-refractivity contribution >= 4 is 44.0 Å². The van der Waals surface area contributed by atoms with Gasteiger partial charge in [0, 0.05) is 7.05 Å². The fourth-order valence-electron chi connectivity index (χ4n) is 0.788. The Bertz CT molecular complexity index is 229. The molecule has 1 aliphatic heterocycles. The maximum Gasteiger partial charge on any atom is 0.338 e. The van der Waals surface area contributed by atoms with Crippen molar-refractivity contribution in [1.29, 1.82) is 0 Å². The predicted octanol–water partition coefficient (Wildman–Crippen LogP) is 1.30. The molecule has 0 bridgehead atoms. The van der Waals surface area contributed by atoms with Gasteiger partial charge < -0.3 is 0 Å². The van der Waals surface area contributed by atoms with Gasteiger partial charge in [-0.1, -0.05) is 0 Å². The molecule has 0 saturated carbocycles. The van der Waals surface area contributed by atoms with Crippen LogP contribution in [-0.2, 0) is 4.79 Å². The molecule has 62 valence electrons. The number of amides is 3. The molecule has 1 heterocycles. The van der Waals surface area contributed by atoms with Gasteiger partial charge in [-0.15, -0.1) is 0 Å². The molecular weight excluding hydrogens is 280 g/mol. The summed E-state index contributed by atoms with van der Waals surface area (Å²) < 4.78 is 0.223. The van der Waals surface area contributed by atoms with E-state index in [0.717, 1.165) is 4.90 Å². The maximum absolute atomic E-state index is 11.2. The highest BCUT2D eigenvalue weighted by molar-refractivity contribution is 9.12. The molecule has 1 atom stereocenters. The van der Waals surface area contributed by atoms with E-state index in [-0.39, 0.29) is 11.9 Å². The number of rotatable bonds is 0. The van der Waals surface area contributed by atoms with Crippen LogP contribution in [0.2, 0.25) is 0 Å². The average molecular weight is 286 g/mol. The summed E-state index contributed by atoms with van der Waals surface area (Å²) in [5, 5.41) is 0. The zero-order chi connectivity index (χ0) is 8.81. The fourth-order valence-corrected chi connectivity index (χ4v) is 1.60. The Labute approximate surface area is 81.0 Å². The number of halogens is 2. The summed E-state index contributed by atoms with van der Waals surface area (Å²) in [4.78, 5) is 23.4. The minimum Gasteiger partial charge on any atom is -0.271 e. The Kier molecular flexibility index (Phi) is 2.00. The molecule has 1 unspecified atom stereocenters. The van der Waals surface area contributed by atoms with Crippen LogP contribution in [0.25, 0.3) is 0 Å². The van der Waals surface area contributed by atoms with Crippen LogP contribution in [0.15, 0.2) is 0 Å². The molecule has 0 radical (unpaired) electrons. The molecule has 1 rings (SSSR count). The van der Waals surface area contributed by atoms with Crippen molar-refractivity contribution in [2.24, 2.45) is 0 Å². The summed E-state index contributed by atoms with van der Waals surface area (Å²) in [6, 6.07) is -0.366. The summed E-state index contributed by atoms with van der Waals surface area (Å²) in [5.74, 6) is -0.278. The van der Waals surface area contributed by atoms with Gasteiger partial charge in [0.25, 0.3) is 5.91 Å². The first-order chi connectivity index (χ1) is 4.89. The predicted molar refractivity (Wildman–Crippen MR) is 46.3 cm³/mol. The quantitative estimate of drug-likeness (QED) is 0.291. The van der Waals surface area contributed by atoms with E-state index in [1.54, 1.807) is 6.92 Å². The minimum absolute atomic E-state index is 0.278. The highest BCUT2D eigenvalue weighted by Gasteiger charge is 2.50. The summed E-state index contributed by atoms with van der Waals surface area (Å²) in [5.41, 5.74) is 0. The van der Waals surface area contributed by atoms with Crippen molar-refractivity contribution in [3.05, 3.63) is 0 Å². The first kappa shape index (κ1) is 8.99. The molecule has 0 aromatic rings. The van der Waals surface area contributed by atoms with E-state index in [4.69, 9.17) is 0 Å². The zero-order valence-corrected chi connectivity index (χ0v) is 9.14. The Morgan fingerprint density at radius 2 is 1.91 bits per heavy atom. The van der Waals surface area contributed by atoms with E-state index < -0.39 is 4.45 Å². The number of alkyl halides is 1. The van der Waals surface area contributed by atoms with Crippen molar-refractivity contribution in [2.75, 3.05) is 7.05 Å². The third-order valence-corrected chi connectivity index (χ3v) is 3.70. The first-order valence-corrected chi connectivity index (χ1v) is 4.36. The van der Waals surface area contributed by atoms with Crippen LogP contribution in [0.4, 0.5) is 4.79 Å². The van der Waals surface area contributed by atoms with Gasteiger partial charge in [0.2, 0.25) is 0 Å². The molecule has 0 aromatic heterocycles. The van der Waals surface area contributed by atoms with E-state index in [0.29, 0.717) is 0 Å². The fraction of sp³-hybridized carbons (Fsp3) is 0.600. The molecule has 11 heavy (non-hydrogen) atoms. The van der Waals surface area contributed by atoms with Crippen LogP contribution in [0.3, 0.4) is 0 Å². The average Bonchev–Trinajstić information content (AvgIpc) is 2.06. The monoisotopic (exact) mass is 284 g/mol. The van der Waals surface area contributed by atoms with E-state index >= 15 is 0 Å². The van der Waals surface area contributed by atoms with Gasteiger partial charge in [-0.05, 0) is 22.9 Å². The van der Waals surface area contributed by atoms with Crippen molar-refractivity contribution < 1.29 is 9.59 Å². The van der Waals surface area contributed by atoms with Gasteiger partial charge in [-0.3, -0.25) is 9.69 Å². The standard InChI is InChI=1S/C5H6Br2N2O2/c1-5(6)3(10)8(2)4(11)9(5)7/h1-2H3. The molecule has 0 N–H and O–H groups in total. The highest BCUT2D eigenvalue weighted by Crippen LogP contribution is 2.34. The minimum atomic E-state index is -0.946. The van der Waals surface area contributed by atoms with Crippen LogP contribution in [-0.4, -0.2) is 32.3 Å². The van der Waals surface area contributed by atoms with Crippen LogP contribution in [0.1, 0.15) is 6.92 Å². The number of nitrogens with zero attached hydrogens (tertiary/aromatic N) is 2. The second-order valence-corrected chi connectivity index (χ2v) is 4.63. The summed E-state index contributed by atoms with van der Waals surface area (Å²) in [6.07, 6.45) is 0. The van der Waals surface area contributed by atoms with Crippen LogP contribution in [0.5, 0.6) is 0 Å². The third-order valence-electron chi connectivity index (χ3n) is 1.52. The third kappa shape index (κ3) is 1.08. The van der Waals surface area contributed by atoms with Gasteiger partial charge >= 0.3 is 6.03 Å². The van der Waals surface area contributed by atoms with Gasteiger partial charge in [0.15, 0.2) is 4.45 Å². The second-order valence-electron chi connectivity index (χ2n) is 2.38. The number of urea groups is 1. The summed E-state index contributed by atoms with van der Waals surface area (Å²) >= 11 is 6.10. The molecule has 1 aliphatic rings. The number of likely N-dealkylation sites (N-methyl/N-ethyl adjacent to an activating group) is 1. The van der Waals surface area contributed by atoms with Crippen molar-refractivity contribution in [3.63, 3.8) is 0 Å². The normalized spacial score (nSPS) is 32.0. The van der Waals surface area contributed by atoms with E-state index in [9.17, 15) is 9.59 Å². The molecule has 1 saturated heterocycles. The number of hydrogen-bond donors (Lipinski definition) is 0. The van der Waals surface area contributed by atoms with Gasteiger partial charge in [-0.25, -0.2) is 8.72 Å². The SMILES string of the molecule is CN1C(=O)N(Br)C(C)(Br)C1=O. The molecule has 6 heteroatoms. The molecule has 4 nitrogen and oxygen atoms in total. The number of carbonyl (C=O) groups excluding carboxylic acids is 2. The second kappa shape index (κ2) is 2.45. The van der Waals surface area contributed by atoms with Crippen LogP contribution < -0.4 is 0 Å². The lowest BCUT2D eigenvalue weighted by atomic mass is 10.3. The number of imide groups is 1. The molecular formula is C5H6Br2N2O2. The Hall–Kier alpha value is -0.100. The summed E-state index contributed by atoms with van der Waals surface area (Å²) in [6.45, 7) is 1.60. The smallest absolute Gasteiger partial charge is 0.271 e. The Morgan fingerprint density at radius 1 is 1.45 bits per heavy atom. The molecule has 1 fully saturated rings. The molecule has 0 aliphatic carbocycles. The lowest BCUT2D eigenvalue weighted by molar-refractivity contribution is -0.127. The van der Waals surface area contributed by atoms with E-state index in [1.807, 2.05) is 0 Å². The molecule has 0 spiro atoms. The van der Waals surface area contributed by atoms with Crippen molar-refractivity contribution in [2.45, 2.75) is 11.4 Å². The van der Waals surface area contributed by atoms with Gasteiger partial charge in [0.05, 0.1) is 16.1 Å². The lowest BCUT2D eigenvalue weighted by Gasteiger charge is -2.17. The molecule has 3 amide bonds. The number of carbonyl (C=O) groups is 2. The van der Waals surface area contributed by atoms with Gasteiger partial charge in [0.1, 0.15) is 0 Å². The van der Waals surface area contributed by atoms with E-state index in [2.05, 4.69) is 32.1 Å². The van der Waals surface area contributed by atoms with Crippen LogP contribution in [0, 0.1) is 0 Å². The first-order valence-electron chi connectivity index (χ1n) is 2.86. The van der Waals surface area contributed by atoms with Crippen LogP contribution >= 0.6 is 32.1 Å². The molecule has 0 aromatic carbocycles. The Morgan fingerprint density at radius 3 is 2.00 bits per heavy atom. The van der Waals surface area contributed by atoms with Gasteiger partial charge in [-0.2, -0.15) is 0 Å². The summed E-state index contributed by atoms with van der Waals surface area (Å²) in [7, 11) is 1.44. The largest absolute Gasteiger partial charge is 0.338 e. The highest BCUT2D eigenvalue weighted by atomic mass is 79.9. The maximum atomic E-state index is 11.2.